The molecule has 0 aromatic carbocycles. The van der Waals surface area contributed by atoms with Crippen molar-refractivity contribution in [3.63, 3.8) is 0 Å². The Labute approximate surface area is 177 Å². The molecule has 8 nitrogen and oxygen atoms in total. The van der Waals surface area contributed by atoms with Crippen molar-refractivity contribution in [1.29, 1.82) is 0 Å². The van der Waals surface area contributed by atoms with Gasteiger partial charge in [0, 0.05) is 19.5 Å². The van der Waals surface area contributed by atoms with E-state index in [-0.39, 0.29) is 18.0 Å². The number of unbranched alkanes of at least 4 members (excludes halogenated alkanes) is 3. The maximum atomic E-state index is 12.0. The average molecular weight is 427 g/mol. The van der Waals surface area contributed by atoms with Crippen LogP contribution in [-0.4, -0.2) is 49.7 Å². The Morgan fingerprint density at radius 2 is 1.93 bits per heavy atom. The second-order valence-corrected chi connectivity index (χ2v) is 7.58. The highest BCUT2D eigenvalue weighted by Gasteiger charge is 2.20. The van der Waals surface area contributed by atoms with Gasteiger partial charge in [-0.25, -0.2) is 9.78 Å². The van der Waals surface area contributed by atoms with Gasteiger partial charge in [-0.2, -0.15) is 0 Å². The number of rotatable bonds is 12. The van der Waals surface area contributed by atoms with E-state index < -0.39 is 0 Å². The van der Waals surface area contributed by atoms with Gasteiger partial charge in [0.25, 0.3) is 0 Å². The van der Waals surface area contributed by atoms with Crippen LogP contribution in [0.4, 0.5) is 0 Å². The molecule has 0 bridgehead atoms. The molecule has 0 aliphatic rings. The summed E-state index contributed by atoms with van der Waals surface area (Å²) in [5, 5.41) is 7.40. The van der Waals surface area contributed by atoms with Crippen molar-refractivity contribution in [2.45, 2.75) is 65.8 Å². The summed E-state index contributed by atoms with van der Waals surface area (Å²) >= 11 is 1.35. The highest BCUT2D eigenvalue weighted by Crippen LogP contribution is 2.24. The molecule has 1 heterocycles. The zero-order valence-corrected chi connectivity index (χ0v) is 19.0. The van der Waals surface area contributed by atoms with Crippen LogP contribution >= 0.6 is 11.3 Å². The van der Waals surface area contributed by atoms with Crippen LogP contribution < -0.4 is 10.6 Å². The van der Waals surface area contributed by atoms with Crippen molar-refractivity contribution in [2.75, 3.05) is 26.8 Å². The van der Waals surface area contributed by atoms with Crippen LogP contribution in [-0.2, 0) is 14.3 Å². The predicted molar refractivity (Wildman–Crippen MR) is 115 cm³/mol. The molecule has 0 aliphatic carbocycles. The minimum absolute atomic E-state index is 0.0836. The van der Waals surface area contributed by atoms with Crippen molar-refractivity contribution in [3.05, 3.63) is 15.6 Å². The Kier molecular flexibility index (Phi) is 11.9. The molecule has 29 heavy (non-hydrogen) atoms. The molecule has 1 aromatic rings. The minimum atomic E-state index is -0.325. The topological polar surface area (TPSA) is 102 Å². The zero-order valence-electron chi connectivity index (χ0n) is 18.2. The molecule has 1 unspecified atom stereocenters. The van der Waals surface area contributed by atoms with Crippen LogP contribution in [0.3, 0.4) is 0 Å². The molecular weight excluding hydrogens is 392 g/mol. The van der Waals surface area contributed by atoms with Crippen LogP contribution in [0.1, 0.15) is 79.3 Å². The maximum absolute atomic E-state index is 12.0. The number of hydrogen-bond donors (Lipinski definition) is 2. The number of aryl methyl sites for hydroxylation is 1. The van der Waals surface area contributed by atoms with Crippen molar-refractivity contribution in [1.82, 2.24) is 15.6 Å². The number of thiazole rings is 1. The molecule has 164 valence electrons. The van der Waals surface area contributed by atoms with E-state index in [0.29, 0.717) is 30.1 Å². The minimum Gasteiger partial charge on any atom is -0.469 e. The smallest absolute Gasteiger partial charge is 0.350 e. The lowest BCUT2D eigenvalue weighted by molar-refractivity contribution is -0.140. The molecule has 0 saturated carbocycles. The van der Waals surface area contributed by atoms with Crippen molar-refractivity contribution >= 4 is 29.2 Å². The number of carbonyl (C=O) groups excluding carboxylic acids is 2. The van der Waals surface area contributed by atoms with Gasteiger partial charge < -0.3 is 20.1 Å². The molecule has 2 N–H and O–H groups in total. The van der Waals surface area contributed by atoms with Crippen LogP contribution in [0, 0.1) is 6.92 Å². The standard InChI is InChI=1S/C20H34N4O4S/c1-6-21-20(22-13-11-9-8-10-12-16(25)27-5)24-15(4)18-23-14(3)17(29-18)19(26)28-7-2/h15H,6-13H2,1-5H3,(H2,21,22,24). The van der Waals surface area contributed by atoms with Crippen molar-refractivity contribution in [3.8, 4) is 0 Å². The van der Waals surface area contributed by atoms with Crippen LogP contribution in [0.2, 0.25) is 0 Å². The highest BCUT2D eigenvalue weighted by atomic mass is 32.1. The van der Waals surface area contributed by atoms with Crippen molar-refractivity contribution in [2.24, 2.45) is 4.99 Å². The Morgan fingerprint density at radius 1 is 1.21 bits per heavy atom. The number of ether oxygens (including phenoxy) is 2. The van der Waals surface area contributed by atoms with E-state index in [1.807, 2.05) is 20.8 Å². The van der Waals surface area contributed by atoms with Gasteiger partial charge in [-0.05, 0) is 40.5 Å². The maximum Gasteiger partial charge on any atom is 0.350 e. The normalized spacial score (nSPS) is 12.4. The Morgan fingerprint density at radius 3 is 2.59 bits per heavy atom. The summed E-state index contributed by atoms with van der Waals surface area (Å²) < 4.78 is 9.72. The van der Waals surface area contributed by atoms with Gasteiger partial charge in [0.15, 0.2) is 5.96 Å². The molecule has 0 radical (unpaired) electrons. The summed E-state index contributed by atoms with van der Waals surface area (Å²) in [5.41, 5.74) is 0.686. The first kappa shape index (κ1) is 24.9. The van der Waals surface area contributed by atoms with E-state index in [2.05, 4.69) is 25.3 Å². The summed E-state index contributed by atoms with van der Waals surface area (Å²) in [6.07, 6.45) is 4.28. The Balaban J connectivity index is 2.53. The molecule has 0 amide bonds. The van der Waals surface area contributed by atoms with Crippen LogP contribution in [0.15, 0.2) is 4.99 Å². The van der Waals surface area contributed by atoms with Crippen LogP contribution in [0.25, 0.3) is 0 Å². The SMILES string of the molecule is CCNC(=NCCCCCCC(=O)OC)NC(C)c1nc(C)c(C(=O)OCC)s1. The number of hydrogen-bond acceptors (Lipinski definition) is 7. The number of aromatic nitrogens is 1. The summed E-state index contributed by atoms with van der Waals surface area (Å²) in [6.45, 7) is 9.41. The largest absolute Gasteiger partial charge is 0.469 e. The lowest BCUT2D eigenvalue weighted by Gasteiger charge is -2.16. The van der Waals surface area contributed by atoms with Gasteiger partial charge in [-0.15, -0.1) is 11.3 Å². The summed E-state index contributed by atoms with van der Waals surface area (Å²) in [7, 11) is 1.41. The zero-order chi connectivity index (χ0) is 21.6. The first-order chi connectivity index (χ1) is 13.9. The van der Waals surface area contributed by atoms with Crippen molar-refractivity contribution < 1.29 is 19.1 Å². The second-order valence-electron chi connectivity index (χ2n) is 6.55. The fourth-order valence-corrected chi connectivity index (χ4v) is 3.57. The first-order valence-corrected chi connectivity index (χ1v) is 11.0. The predicted octanol–water partition coefficient (Wildman–Crippen LogP) is 3.37. The van der Waals surface area contributed by atoms with Gasteiger partial charge in [0.2, 0.25) is 0 Å². The van der Waals surface area contributed by atoms with E-state index in [9.17, 15) is 9.59 Å². The quantitative estimate of drug-likeness (QED) is 0.229. The number of guanidine groups is 1. The van der Waals surface area contributed by atoms with E-state index in [0.717, 1.165) is 43.2 Å². The van der Waals surface area contributed by atoms with E-state index >= 15 is 0 Å². The molecule has 0 fully saturated rings. The third kappa shape index (κ3) is 9.25. The van der Waals surface area contributed by atoms with E-state index in [1.54, 1.807) is 6.92 Å². The van der Waals surface area contributed by atoms with Gasteiger partial charge in [0.05, 0.1) is 25.5 Å². The molecule has 9 heteroatoms. The number of esters is 2. The second kappa shape index (κ2) is 13.9. The molecule has 1 aromatic heterocycles. The van der Waals surface area contributed by atoms with Gasteiger partial charge >= 0.3 is 11.9 Å². The monoisotopic (exact) mass is 426 g/mol. The van der Waals surface area contributed by atoms with E-state index in [1.165, 1.54) is 18.4 Å². The fraction of sp³-hybridized carbons (Fsp3) is 0.700. The number of carbonyl (C=O) groups is 2. The molecular formula is C20H34N4O4S. The molecule has 0 saturated heterocycles. The molecule has 0 aliphatic heterocycles. The Bertz CT molecular complexity index is 675. The third-order valence-electron chi connectivity index (χ3n) is 4.13. The lowest BCUT2D eigenvalue weighted by Crippen LogP contribution is -2.38. The third-order valence-corrected chi connectivity index (χ3v) is 5.45. The lowest BCUT2D eigenvalue weighted by atomic mass is 10.1. The molecule has 0 spiro atoms. The Hall–Kier alpha value is -2.16. The number of methoxy groups -OCH3 is 1. The van der Waals surface area contributed by atoms with Gasteiger partial charge in [-0.1, -0.05) is 12.8 Å². The molecule has 1 rings (SSSR count). The van der Waals surface area contributed by atoms with Gasteiger partial charge in [-0.3, -0.25) is 9.79 Å². The average Bonchev–Trinajstić information content (AvgIpc) is 3.09. The van der Waals surface area contributed by atoms with E-state index in [4.69, 9.17) is 4.74 Å². The number of nitrogens with zero attached hydrogens (tertiary/aromatic N) is 2. The van der Waals surface area contributed by atoms with Gasteiger partial charge in [0.1, 0.15) is 9.88 Å². The first-order valence-electron chi connectivity index (χ1n) is 10.2. The summed E-state index contributed by atoms with van der Waals surface area (Å²) in [5.74, 6) is 0.244. The summed E-state index contributed by atoms with van der Waals surface area (Å²) in [4.78, 5) is 32.7. The van der Waals surface area contributed by atoms with Crippen LogP contribution in [0.5, 0.6) is 0 Å². The summed E-state index contributed by atoms with van der Waals surface area (Å²) in [6, 6.07) is -0.0836. The molecule has 1 atom stereocenters. The highest BCUT2D eigenvalue weighted by molar-refractivity contribution is 7.13. The number of aliphatic imine (C=N–C) groups is 1. The fourth-order valence-electron chi connectivity index (χ4n) is 2.60. The number of nitrogens with one attached hydrogen (secondary N) is 2.